The fraction of sp³-hybridized carbons (Fsp3) is 0.304. The Bertz CT molecular complexity index is 875. The van der Waals surface area contributed by atoms with Gasteiger partial charge < -0.3 is 4.57 Å². The molecule has 134 valence electrons. The van der Waals surface area contributed by atoms with Crippen LogP contribution in [0.25, 0.3) is 0 Å². The molecule has 1 aliphatic rings. The summed E-state index contributed by atoms with van der Waals surface area (Å²) >= 11 is 6.08. The molecular weight excluding hydrogens is 340 g/mol. The van der Waals surface area contributed by atoms with E-state index in [1.54, 1.807) is 0 Å². The number of rotatable bonds is 3. The number of aromatic nitrogens is 1. The van der Waals surface area contributed by atoms with Crippen molar-refractivity contribution >= 4 is 11.6 Å². The van der Waals surface area contributed by atoms with Crippen molar-refractivity contribution in [2.24, 2.45) is 0 Å². The van der Waals surface area contributed by atoms with E-state index in [1.807, 2.05) is 12.1 Å². The van der Waals surface area contributed by atoms with Gasteiger partial charge >= 0.3 is 0 Å². The lowest BCUT2D eigenvalue weighted by atomic mass is 9.92. The summed E-state index contributed by atoms with van der Waals surface area (Å²) in [7, 11) is 0. The molecule has 2 aromatic carbocycles. The number of hydrogen-bond acceptors (Lipinski definition) is 1. The summed E-state index contributed by atoms with van der Waals surface area (Å²) in [5, 5.41) is 0.796. The molecule has 1 aromatic heterocycles. The minimum absolute atomic E-state index is 0.282. The van der Waals surface area contributed by atoms with E-state index in [-0.39, 0.29) is 6.04 Å². The molecule has 0 aliphatic carbocycles. The first-order chi connectivity index (χ1) is 12.6. The maximum absolute atomic E-state index is 6.08. The maximum atomic E-state index is 6.08. The molecule has 1 unspecified atom stereocenters. The van der Waals surface area contributed by atoms with Gasteiger partial charge in [0, 0.05) is 36.5 Å². The largest absolute Gasteiger partial charge is 0.350 e. The first kappa shape index (κ1) is 17.4. The smallest absolute Gasteiger partial charge is 0.0764 e. The first-order valence-corrected chi connectivity index (χ1v) is 9.71. The van der Waals surface area contributed by atoms with E-state index in [9.17, 15) is 0 Å². The highest BCUT2D eigenvalue weighted by molar-refractivity contribution is 6.30. The minimum Gasteiger partial charge on any atom is -0.350 e. The molecule has 0 N–H and O–H groups in total. The fourth-order valence-corrected chi connectivity index (χ4v) is 4.35. The molecule has 0 bridgehead atoms. The monoisotopic (exact) mass is 364 g/mol. The highest BCUT2D eigenvalue weighted by Gasteiger charge is 2.29. The van der Waals surface area contributed by atoms with Crippen molar-refractivity contribution in [1.29, 1.82) is 0 Å². The van der Waals surface area contributed by atoms with Crippen LogP contribution < -0.4 is 0 Å². The Morgan fingerprint density at radius 3 is 2.38 bits per heavy atom. The Hall–Kier alpha value is -2.03. The average molecular weight is 365 g/mol. The number of aryl methyl sites for hydroxylation is 3. The van der Waals surface area contributed by atoms with Crippen LogP contribution in [-0.2, 0) is 13.1 Å². The average Bonchev–Trinajstić information content (AvgIpc) is 3.01. The maximum Gasteiger partial charge on any atom is 0.0764 e. The third-order valence-electron chi connectivity index (χ3n) is 5.47. The van der Waals surface area contributed by atoms with Crippen molar-refractivity contribution in [3.05, 3.63) is 93.8 Å². The van der Waals surface area contributed by atoms with Crippen molar-refractivity contribution in [2.45, 2.75) is 39.4 Å². The zero-order valence-electron chi connectivity index (χ0n) is 15.5. The second-order valence-corrected chi connectivity index (χ2v) is 7.72. The lowest BCUT2D eigenvalue weighted by molar-refractivity contribution is 0.219. The zero-order chi connectivity index (χ0) is 18.1. The highest BCUT2D eigenvalue weighted by Crippen LogP contribution is 2.36. The molecule has 0 amide bonds. The lowest BCUT2D eigenvalue weighted by Crippen LogP contribution is -2.30. The van der Waals surface area contributed by atoms with Crippen LogP contribution in [0.3, 0.4) is 0 Å². The summed E-state index contributed by atoms with van der Waals surface area (Å²) in [6, 6.07) is 19.7. The van der Waals surface area contributed by atoms with Gasteiger partial charge in [-0.3, -0.25) is 4.90 Å². The predicted octanol–water partition coefficient (Wildman–Crippen LogP) is 5.75. The van der Waals surface area contributed by atoms with Crippen LogP contribution >= 0.6 is 11.6 Å². The summed E-state index contributed by atoms with van der Waals surface area (Å²) in [4.78, 5) is 2.62. The molecule has 4 rings (SSSR count). The number of hydrogen-bond donors (Lipinski definition) is 0. The molecule has 26 heavy (non-hydrogen) atoms. The molecule has 0 spiro atoms. The minimum atomic E-state index is 0.282. The van der Waals surface area contributed by atoms with Gasteiger partial charge in [-0.2, -0.15) is 0 Å². The van der Waals surface area contributed by atoms with E-state index in [0.717, 1.165) is 31.1 Å². The number of benzene rings is 2. The molecule has 0 fully saturated rings. The van der Waals surface area contributed by atoms with Crippen LogP contribution in [0, 0.1) is 13.8 Å². The molecular formula is C23H25ClN2. The second kappa shape index (κ2) is 7.30. The number of nitrogens with zero attached hydrogens (tertiary/aromatic N) is 2. The summed E-state index contributed by atoms with van der Waals surface area (Å²) in [6.45, 7) is 7.58. The molecule has 3 aromatic rings. The third kappa shape index (κ3) is 3.32. The van der Waals surface area contributed by atoms with Crippen LogP contribution in [0.5, 0.6) is 0 Å². The standard InChI is InChI=1S/C23H25ClN2/c1-17-6-3-7-18(2)22(17)23-21-8-4-13-25(21)14-5-15-26(23)16-19-9-11-20(24)12-10-19/h3-4,6-13,23H,5,14-16H2,1-2H3. The van der Waals surface area contributed by atoms with E-state index in [1.165, 1.54) is 27.9 Å². The van der Waals surface area contributed by atoms with Crippen LogP contribution in [0.1, 0.15) is 40.4 Å². The quantitative estimate of drug-likeness (QED) is 0.574. The molecule has 3 heteroatoms. The van der Waals surface area contributed by atoms with E-state index in [0.29, 0.717) is 0 Å². The Morgan fingerprint density at radius 2 is 1.65 bits per heavy atom. The lowest BCUT2D eigenvalue weighted by Gasteiger charge is -2.32. The second-order valence-electron chi connectivity index (χ2n) is 7.28. The van der Waals surface area contributed by atoms with Gasteiger partial charge in [-0.25, -0.2) is 0 Å². The third-order valence-corrected chi connectivity index (χ3v) is 5.72. The molecule has 0 radical (unpaired) electrons. The van der Waals surface area contributed by atoms with Crippen molar-refractivity contribution < 1.29 is 0 Å². The Labute approximate surface area is 161 Å². The Balaban J connectivity index is 1.79. The Kier molecular flexibility index (Phi) is 4.88. The zero-order valence-corrected chi connectivity index (χ0v) is 16.2. The van der Waals surface area contributed by atoms with Crippen LogP contribution in [0.15, 0.2) is 60.8 Å². The van der Waals surface area contributed by atoms with Gasteiger partial charge in [0.2, 0.25) is 0 Å². The molecule has 1 atom stereocenters. The van der Waals surface area contributed by atoms with E-state index >= 15 is 0 Å². The molecule has 0 saturated carbocycles. The SMILES string of the molecule is Cc1cccc(C)c1C1c2cccn2CCCN1Cc1ccc(Cl)cc1. The summed E-state index contributed by atoms with van der Waals surface area (Å²) < 4.78 is 2.43. The van der Waals surface area contributed by atoms with Gasteiger partial charge in [0.25, 0.3) is 0 Å². The van der Waals surface area contributed by atoms with E-state index in [4.69, 9.17) is 11.6 Å². The van der Waals surface area contributed by atoms with Crippen molar-refractivity contribution in [2.75, 3.05) is 6.54 Å². The summed E-state index contributed by atoms with van der Waals surface area (Å²) in [6.07, 6.45) is 3.39. The molecule has 1 aliphatic heterocycles. The predicted molar refractivity (Wildman–Crippen MR) is 109 cm³/mol. The normalized spacial score (nSPS) is 17.7. The molecule has 2 heterocycles. The van der Waals surface area contributed by atoms with Crippen LogP contribution in [-0.4, -0.2) is 16.0 Å². The number of fused-ring (bicyclic) bond motifs is 1. The fourth-order valence-electron chi connectivity index (χ4n) is 4.22. The van der Waals surface area contributed by atoms with Gasteiger partial charge in [0.15, 0.2) is 0 Å². The highest BCUT2D eigenvalue weighted by atomic mass is 35.5. The molecule has 0 saturated heterocycles. The van der Waals surface area contributed by atoms with Gasteiger partial charge in [0.05, 0.1) is 6.04 Å². The van der Waals surface area contributed by atoms with Gasteiger partial charge in [-0.1, -0.05) is 41.9 Å². The van der Waals surface area contributed by atoms with Crippen LogP contribution in [0.2, 0.25) is 5.02 Å². The van der Waals surface area contributed by atoms with E-state index < -0.39 is 0 Å². The Morgan fingerprint density at radius 1 is 0.923 bits per heavy atom. The van der Waals surface area contributed by atoms with Crippen molar-refractivity contribution in [3.63, 3.8) is 0 Å². The topological polar surface area (TPSA) is 8.17 Å². The van der Waals surface area contributed by atoms with E-state index in [2.05, 4.69) is 72.0 Å². The number of halogens is 1. The van der Waals surface area contributed by atoms with Crippen molar-refractivity contribution in [1.82, 2.24) is 9.47 Å². The summed E-state index contributed by atoms with van der Waals surface area (Å²) in [5.41, 5.74) is 6.89. The van der Waals surface area contributed by atoms with Crippen LogP contribution in [0.4, 0.5) is 0 Å². The van der Waals surface area contributed by atoms with Gasteiger partial charge in [0.1, 0.15) is 0 Å². The first-order valence-electron chi connectivity index (χ1n) is 9.33. The summed E-state index contributed by atoms with van der Waals surface area (Å²) in [5.74, 6) is 0. The van der Waals surface area contributed by atoms with Gasteiger partial charge in [-0.05, 0) is 66.8 Å². The van der Waals surface area contributed by atoms with Crippen molar-refractivity contribution in [3.8, 4) is 0 Å². The van der Waals surface area contributed by atoms with Gasteiger partial charge in [-0.15, -0.1) is 0 Å². The molecule has 2 nitrogen and oxygen atoms in total.